The van der Waals surface area contributed by atoms with Gasteiger partial charge in [-0.1, -0.05) is 26.8 Å². The lowest BCUT2D eigenvalue weighted by molar-refractivity contribution is 0.150. The zero-order valence-corrected chi connectivity index (χ0v) is 11.7. The minimum Gasteiger partial charge on any atom is -0.465 e. The molecule has 1 N–H and O–H groups in total. The maximum absolute atomic E-state index is 10.9. The van der Waals surface area contributed by atoms with Crippen LogP contribution in [0.4, 0.5) is 4.79 Å². The SMILES string of the molecule is CC(C)(C)c1cc(C2=CCN(C(=O)O)CC2)ccn1. The highest BCUT2D eigenvalue weighted by atomic mass is 16.4. The van der Waals surface area contributed by atoms with Crippen molar-refractivity contribution < 1.29 is 9.90 Å². The summed E-state index contributed by atoms with van der Waals surface area (Å²) in [6.45, 7) is 7.45. The van der Waals surface area contributed by atoms with Crippen molar-refractivity contribution in [2.75, 3.05) is 13.1 Å². The van der Waals surface area contributed by atoms with Crippen LogP contribution in [0.5, 0.6) is 0 Å². The number of nitrogens with zero attached hydrogens (tertiary/aromatic N) is 2. The second kappa shape index (κ2) is 5.03. The monoisotopic (exact) mass is 260 g/mol. The van der Waals surface area contributed by atoms with Crippen LogP contribution in [0.1, 0.15) is 38.4 Å². The van der Waals surface area contributed by atoms with Gasteiger partial charge < -0.3 is 10.0 Å². The van der Waals surface area contributed by atoms with E-state index >= 15 is 0 Å². The number of aromatic nitrogens is 1. The van der Waals surface area contributed by atoms with E-state index in [9.17, 15) is 4.79 Å². The van der Waals surface area contributed by atoms with Gasteiger partial charge in [0.1, 0.15) is 0 Å². The Balaban J connectivity index is 2.22. The van der Waals surface area contributed by atoms with Gasteiger partial charge in [-0.15, -0.1) is 0 Å². The highest BCUT2D eigenvalue weighted by molar-refractivity contribution is 5.71. The van der Waals surface area contributed by atoms with Crippen molar-refractivity contribution >= 4 is 11.7 Å². The van der Waals surface area contributed by atoms with Gasteiger partial charge in [0, 0.05) is 30.4 Å². The van der Waals surface area contributed by atoms with Crippen LogP contribution in [0.2, 0.25) is 0 Å². The Labute approximate surface area is 113 Å². The maximum Gasteiger partial charge on any atom is 0.407 e. The normalized spacial score (nSPS) is 16.2. The molecule has 0 fully saturated rings. The van der Waals surface area contributed by atoms with E-state index in [4.69, 9.17) is 5.11 Å². The maximum atomic E-state index is 10.9. The molecule has 0 unspecified atom stereocenters. The zero-order chi connectivity index (χ0) is 14.0. The zero-order valence-electron chi connectivity index (χ0n) is 11.7. The third-order valence-electron chi connectivity index (χ3n) is 3.38. The fraction of sp³-hybridized carbons (Fsp3) is 0.467. The Morgan fingerprint density at radius 3 is 2.68 bits per heavy atom. The molecule has 0 bridgehead atoms. The lowest BCUT2D eigenvalue weighted by atomic mass is 9.89. The summed E-state index contributed by atoms with van der Waals surface area (Å²) in [6, 6.07) is 4.11. The van der Waals surface area contributed by atoms with Crippen molar-refractivity contribution in [1.82, 2.24) is 9.88 Å². The molecule has 0 saturated carbocycles. The van der Waals surface area contributed by atoms with E-state index in [1.54, 1.807) is 0 Å². The van der Waals surface area contributed by atoms with Crippen LogP contribution in [0.25, 0.3) is 5.57 Å². The van der Waals surface area contributed by atoms with Crippen molar-refractivity contribution in [2.45, 2.75) is 32.6 Å². The van der Waals surface area contributed by atoms with Crippen molar-refractivity contribution in [2.24, 2.45) is 0 Å². The van der Waals surface area contributed by atoms with E-state index in [0.717, 1.165) is 17.7 Å². The molecule has 2 heterocycles. The lowest BCUT2D eigenvalue weighted by Crippen LogP contribution is -2.33. The topological polar surface area (TPSA) is 53.4 Å². The van der Waals surface area contributed by atoms with Crippen molar-refractivity contribution in [1.29, 1.82) is 0 Å². The fourth-order valence-electron chi connectivity index (χ4n) is 2.15. The Kier molecular flexibility index (Phi) is 3.60. The van der Waals surface area contributed by atoms with E-state index in [1.807, 2.05) is 18.3 Å². The lowest BCUT2D eigenvalue weighted by Gasteiger charge is -2.24. The Morgan fingerprint density at radius 1 is 1.42 bits per heavy atom. The predicted octanol–water partition coefficient (Wildman–Crippen LogP) is 3.15. The van der Waals surface area contributed by atoms with Crippen LogP contribution < -0.4 is 0 Å². The molecule has 0 aromatic carbocycles. The summed E-state index contributed by atoms with van der Waals surface area (Å²) in [5.74, 6) is 0. The molecule has 4 nitrogen and oxygen atoms in total. The summed E-state index contributed by atoms with van der Waals surface area (Å²) in [5, 5.41) is 8.93. The van der Waals surface area contributed by atoms with Gasteiger partial charge in [-0.25, -0.2) is 4.79 Å². The summed E-state index contributed by atoms with van der Waals surface area (Å²) < 4.78 is 0. The third-order valence-corrected chi connectivity index (χ3v) is 3.38. The van der Waals surface area contributed by atoms with Gasteiger partial charge in [0.2, 0.25) is 0 Å². The van der Waals surface area contributed by atoms with E-state index in [2.05, 4.69) is 31.8 Å². The minimum atomic E-state index is -0.847. The van der Waals surface area contributed by atoms with Gasteiger partial charge in [0.05, 0.1) is 0 Å². The summed E-state index contributed by atoms with van der Waals surface area (Å²) in [6.07, 6.45) is 3.75. The molecular weight excluding hydrogens is 240 g/mol. The molecule has 1 amide bonds. The van der Waals surface area contributed by atoms with Crippen LogP contribution in [0, 0.1) is 0 Å². The van der Waals surface area contributed by atoms with Crippen LogP contribution in [-0.4, -0.2) is 34.2 Å². The van der Waals surface area contributed by atoms with Crippen molar-refractivity contribution in [3.05, 3.63) is 35.7 Å². The minimum absolute atomic E-state index is 0.0261. The Morgan fingerprint density at radius 2 is 2.16 bits per heavy atom. The van der Waals surface area contributed by atoms with E-state index in [-0.39, 0.29) is 5.41 Å². The second-order valence-electron chi connectivity index (χ2n) is 5.89. The van der Waals surface area contributed by atoms with Gasteiger partial charge in [-0.05, 0) is 29.7 Å². The third kappa shape index (κ3) is 3.13. The molecule has 2 rings (SSSR count). The number of pyridine rings is 1. The largest absolute Gasteiger partial charge is 0.465 e. The molecule has 0 atom stereocenters. The quantitative estimate of drug-likeness (QED) is 0.844. The molecule has 102 valence electrons. The molecule has 4 heteroatoms. The van der Waals surface area contributed by atoms with Gasteiger partial charge in [0.15, 0.2) is 0 Å². The number of carboxylic acid groups (broad SMARTS) is 1. The van der Waals surface area contributed by atoms with Gasteiger partial charge in [-0.2, -0.15) is 0 Å². The van der Waals surface area contributed by atoms with E-state index in [1.165, 1.54) is 10.5 Å². The number of carbonyl (C=O) groups is 1. The molecule has 0 spiro atoms. The molecule has 0 aliphatic carbocycles. The molecule has 19 heavy (non-hydrogen) atoms. The average molecular weight is 260 g/mol. The average Bonchev–Trinajstić information content (AvgIpc) is 2.38. The first-order valence-electron chi connectivity index (χ1n) is 6.52. The van der Waals surface area contributed by atoms with Crippen molar-refractivity contribution in [3.63, 3.8) is 0 Å². The molecular formula is C15H20N2O2. The fourth-order valence-corrected chi connectivity index (χ4v) is 2.15. The highest BCUT2D eigenvalue weighted by Gasteiger charge is 2.19. The highest BCUT2D eigenvalue weighted by Crippen LogP contribution is 2.26. The molecule has 1 aromatic rings. The molecule has 0 saturated heterocycles. The van der Waals surface area contributed by atoms with E-state index < -0.39 is 6.09 Å². The van der Waals surface area contributed by atoms with Crippen LogP contribution >= 0.6 is 0 Å². The van der Waals surface area contributed by atoms with Gasteiger partial charge in [0.25, 0.3) is 0 Å². The number of rotatable bonds is 1. The molecule has 1 aliphatic heterocycles. The summed E-state index contributed by atoms with van der Waals surface area (Å²) >= 11 is 0. The summed E-state index contributed by atoms with van der Waals surface area (Å²) in [7, 11) is 0. The predicted molar refractivity (Wildman–Crippen MR) is 75.1 cm³/mol. The Hall–Kier alpha value is -1.84. The number of hydrogen-bond acceptors (Lipinski definition) is 2. The number of hydrogen-bond donors (Lipinski definition) is 1. The molecule has 0 radical (unpaired) electrons. The first-order chi connectivity index (χ1) is 8.88. The Bertz CT molecular complexity index is 515. The molecule has 1 aromatic heterocycles. The van der Waals surface area contributed by atoms with Crippen LogP contribution in [0.15, 0.2) is 24.4 Å². The first kappa shape index (κ1) is 13.6. The standard InChI is InChI=1S/C15H20N2O2/c1-15(2,3)13-10-12(4-7-16-13)11-5-8-17(9-6-11)14(18)19/h4-5,7,10H,6,8-9H2,1-3H3,(H,18,19). The smallest absolute Gasteiger partial charge is 0.407 e. The van der Waals surface area contributed by atoms with E-state index in [0.29, 0.717) is 13.1 Å². The van der Waals surface area contributed by atoms with Gasteiger partial charge in [-0.3, -0.25) is 4.98 Å². The van der Waals surface area contributed by atoms with Gasteiger partial charge >= 0.3 is 6.09 Å². The molecule has 1 aliphatic rings. The summed E-state index contributed by atoms with van der Waals surface area (Å²) in [5.41, 5.74) is 3.46. The van der Waals surface area contributed by atoms with Crippen LogP contribution in [0.3, 0.4) is 0 Å². The van der Waals surface area contributed by atoms with Crippen LogP contribution in [-0.2, 0) is 5.41 Å². The summed E-state index contributed by atoms with van der Waals surface area (Å²) in [4.78, 5) is 16.7. The first-order valence-corrected chi connectivity index (χ1v) is 6.52. The second-order valence-corrected chi connectivity index (χ2v) is 5.89. The number of amides is 1. The van der Waals surface area contributed by atoms with Crippen molar-refractivity contribution in [3.8, 4) is 0 Å².